The molecule has 0 saturated heterocycles. The lowest BCUT2D eigenvalue weighted by Gasteiger charge is -2.08. The number of nitrogens with two attached hydrogens (primary N) is 1. The molecule has 3 heteroatoms. The van der Waals surface area contributed by atoms with Crippen LogP contribution < -0.4 is 5.73 Å². The van der Waals surface area contributed by atoms with Crippen LogP contribution >= 0.6 is 0 Å². The number of benzene rings is 2. The van der Waals surface area contributed by atoms with Crippen molar-refractivity contribution in [3.63, 3.8) is 0 Å². The van der Waals surface area contributed by atoms with Gasteiger partial charge in [0.1, 0.15) is 5.82 Å². The van der Waals surface area contributed by atoms with Crippen molar-refractivity contribution in [2.75, 3.05) is 5.73 Å². The zero-order chi connectivity index (χ0) is 13.2. The van der Waals surface area contributed by atoms with Gasteiger partial charge in [-0.3, -0.25) is 0 Å². The SMILES string of the molecule is Nc1ccccc1CCn1ccc2c(F)cccc21. The zero-order valence-corrected chi connectivity index (χ0v) is 10.5. The van der Waals surface area contributed by atoms with Crippen LogP contribution in [0.25, 0.3) is 10.9 Å². The average molecular weight is 254 g/mol. The number of aryl methyl sites for hydroxylation is 2. The van der Waals surface area contributed by atoms with E-state index in [4.69, 9.17) is 5.73 Å². The van der Waals surface area contributed by atoms with Gasteiger partial charge in [-0.05, 0) is 36.2 Å². The fourth-order valence-corrected chi connectivity index (χ4v) is 2.38. The van der Waals surface area contributed by atoms with E-state index in [9.17, 15) is 4.39 Å². The second kappa shape index (κ2) is 4.76. The highest BCUT2D eigenvalue weighted by Crippen LogP contribution is 2.20. The van der Waals surface area contributed by atoms with Crippen molar-refractivity contribution in [1.29, 1.82) is 0 Å². The van der Waals surface area contributed by atoms with Crippen LogP contribution in [0, 0.1) is 5.82 Å². The normalized spacial score (nSPS) is 11.0. The van der Waals surface area contributed by atoms with Crippen molar-refractivity contribution < 1.29 is 4.39 Å². The lowest BCUT2D eigenvalue weighted by Crippen LogP contribution is -2.02. The maximum atomic E-state index is 13.6. The van der Waals surface area contributed by atoms with Crippen LogP contribution in [-0.4, -0.2) is 4.57 Å². The van der Waals surface area contributed by atoms with Gasteiger partial charge in [-0.1, -0.05) is 24.3 Å². The molecule has 0 amide bonds. The summed E-state index contributed by atoms with van der Waals surface area (Å²) in [6, 6.07) is 14.8. The summed E-state index contributed by atoms with van der Waals surface area (Å²) in [6.45, 7) is 0.793. The lowest BCUT2D eigenvalue weighted by molar-refractivity contribution is 0.639. The second-order valence-corrected chi connectivity index (χ2v) is 4.63. The van der Waals surface area contributed by atoms with Gasteiger partial charge in [0.05, 0.1) is 5.52 Å². The number of anilines is 1. The van der Waals surface area contributed by atoms with E-state index in [0.29, 0.717) is 5.39 Å². The Morgan fingerprint density at radius 2 is 1.84 bits per heavy atom. The van der Waals surface area contributed by atoms with E-state index in [0.717, 1.165) is 29.7 Å². The first-order chi connectivity index (χ1) is 9.25. The quantitative estimate of drug-likeness (QED) is 0.711. The van der Waals surface area contributed by atoms with Gasteiger partial charge in [0, 0.05) is 23.8 Å². The number of hydrogen-bond donors (Lipinski definition) is 1. The maximum Gasteiger partial charge on any atom is 0.132 e. The summed E-state index contributed by atoms with van der Waals surface area (Å²) in [5.74, 6) is -0.171. The third-order valence-corrected chi connectivity index (χ3v) is 3.44. The van der Waals surface area contributed by atoms with Gasteiger partial charge in [-0.25, -0.2) is 4.39 Å². The molecule has 3 aromatic rings. The summed E-state index contributed by atoms with van der Waals surface area (Å²) in [7, 11) is 0. The molecule has 1 heterocycles. The third-order valence-electron chi connectivity index (χ3n) is 3.44. The van der Waals surface area contributed by atoms with Gasteiger partial charge >= 0.3 is 0 Å². The van der Waals surface area contributed by atoms with Gasteiger partial charge in [-0.2, -0.15) is 0 Å². The molecule has 2 aromatic carbocycles. The number of rotatable bonds is 3. The number of hydrogen-bond acceptors (Lipinski definition) is 1. The molecule has 19 heavy (non-hydrogen) atoms. The van der Waals surface area contributed by atoms with Crippen molar-refractivity contribution in [3.05, 3.63) is 66.1 Å². The maximum absolute atomic E-state index is 13.6. The Labute approximate surface area is 111 Å². The predicted molar refractivity (Wildman–Crippen MR) is 76.5 cm³/mol. The second-order valence-electron chi connectivity index (χ2n) is 4.63. The van der Waals surface area contributed by atoms with E-state index in [-0.39, 0.29) is 5.82 Å². The molecule has 0 unspecified atom stereocenters. The molecule has 0 aliphatic rings. The van der Waals surface area contributed by atoms with E-state index in [1.54, 1.807) is 6.07 Å². The number of aromatic nitrogens is 1. The fourth-order valence-electron chi connectivity index (χ4n) is 2.38. The standard InChI is InChI=1S/C16H15FN2/c17-14-5-3-7-16-13(14)9-11-19(16)10-8-12-4-1-2-6-15(12)18/h1-7,9,11H,8,10,18H2. The summed E-state index contributed by atoms with van der Waals surface area (Å²) in [5.41, 5.74) is 8.79. The molecule has 0 aliphatic heterocycles. The van der Waals surface area contributed by atoms with Crippen LogP contribution in [-0.2, 0) is 13.0 Å². The minimum absolute atomic E-state index is 0.171. The molecular formula is C16H15FN2. The van der Waals surface area contributed by atoms with Crippen LogP contribution in [0.5, 0.6) is 0 Å². The summed E-state index contributed by atoms with van der Waals surface area (Å²) in [4.78, 5) is 0. The molecule has 3 rings (SSSR count). The summed E-state index contributed by atoms with van der Waals surface area (Å²) >= 11 is 0. The molecule has 0 atom stereocenters. The first-order valence-electron chi connectivity index (χ1n) is 6.32. The highest BCUT2D eigenvalue weighted by Gasteiger charge is 2.05. The van der Waals surface area contributed by atoms with Crippen molar-refractivity contribution >= 4 is 16.6 Å². The topological polar surface area (TPSA) is 30.9 Å². The van der Waals surface area contributed by atoms with E-state index in [1.807, 2.05) is 42.6 Å². The molecule has 2 nitrogen and oxygen atoms in total. The molecule has 96 valence electrons. The number of para-hydroxylation sites is 1. The smallest absolute Gasteiger partial charge is 0.132 e. The summed E-state index contributed by atoms with van der Waals surface area (Å²) < 4.78 is 15.7. The summed E-state index contributed by atoms with van der Waals surface area (Å²) in [6.07, 6.45) is 2.76. The summed E-state index contributed by atoms with van der Waals surface area (Å²) in [5, 5.41) is 0.670. The molecule has 2 N–H and O–H groups in total. The highest BCUT2D eigenvalue weighted by atomic mass is 19.1. The average Bonchev–Trinajstić information content (AvgIpc) is 2.83. The first kappa shape index (κ1) is 11.8. The number of nitrogen functional groups attached to an aromatic ring is 1. The lowest BCUT2D eigenvalue weighted by atomic mass is 10.1. The number of nitrogens with zero attached hydrogens (tertiary/aromatic N) is 1. The van der Waals surface area contributed by atoms with Crippen LogP contribution in [0.4, 0.5) is 10.1 Å². The Balaban J connectivity index is 1.87. The van der Waals surface area contributed by atoms with E-state index in [2.05, 4.69) is 4.57 Å². The monoisotopic (exact) mass is 254 g/mol. The molecule has 0 aliphatic carbocycles. The van der Waals surface area contributed by atoms with Crippen molar-refractivity contribution in [2.24, 2.45) is 0 Å². The van der Waals surface area contributed by atoms with Crippen LogP contribution in [0.3, 0.4) is 0 Å². The Bertz CT molecular complexity index is 716. The molecule has 0 fully saturated rings. The van der Waals surface area contributed by atoms with Gasteiger partial charge in [0.25, 0.3) is 0 Å². The molecule has 1 aromatic heterocycles. The molecular weight excluding hydrogens is 239 g/mol. The Morgan fingerprint density at radius 3 is 2.68 bits per heavy atom. The molecule has 0 radical (unpaired) electrons. The minimum Gasteiger partial charge on any atom is -0.399 e. The van der Waals surface area contributed by atoms with Crippen molar-refractivity contribution in [3.8, 4) is 0 Å². The molecule has 0 saturated carbocycles. The minimum atomic E-state index is -0.171. The van der Waals surface area contributed by atoms with E-state index in [1.165, 1.54) is 6.07 Å². The van der Waals surface area contributed by atoms with Crippen LogP contribution in [0.2, 0.25) is 0 Å². The van der Waals surface area contributed by atoms with Crippen molar-refractivity contribution in [2.45, 2.75) is 13.0 Å². The fraction of sp³-hybridized carbons (Fsp3) is 0.125. The first-order valence-corrected chi connectivity index (χ1v) is 6.32. The van der Waals surface area contributed by atoms with Gasteiger partial charge < -0.3 is 10.3 Å². The largest absolute Gasteiger partial charge is 0.399 e. The Hall–Kier alpha value is -2.29. The van der Waals surface area contributed by atoms with Gasteiger partial charge in [-0.15, -0.1) is 0 Å². The third kappa shape index (κ3) is 2.19. The van der Waals surface area contributed by atoms with Gasteiger partial charge in [0.2, 0.25) is 0 Å². The number of halogens is 1. The Morgan fingerprint density at radius 1 is 1.00 bits per heavy atom. The van der Waals surface area contributed by atoms with Gasteiger partial charge in [0.15, 0.2) is 0 Å². The highest BCUT2D eigenvalue weighted by molar-refractivity contribution is 5.80. The van der Waals surface area contributed by atoms with Crippen molar-refractivity contribution in [1.82, 2.24) is 4.57 Å². The number of fused-ring (bicyclic) bond motifs is 1. The van der Waals surface area contributed by atoms with Crippen LogP contribution in [0.15, 0.2) is 54.7 Å². The van der Waals surface area contributed by atoms with E-state index >= 15 is 0 Å². The molecule has 0 spiro atoms. The zero-order valence-electron chi connectivity index (χ0n) is 10.5. The van der Waals surface area contributed by atoms with E-state index < -0.39 is 0 Å². The Kier molecular flexibility index (Phi) is 2.95. The van der Waals surface area contributed by atoms with Crippen LogP contribution in [0.1, 0.15) is 5.56 Å². The predicted octanol–water partition coefficient (Wildman–Crippen LogP) is 3.61. The molecule has 0 bridgehead atoms.